The van der Waals surface area contributed by atoms with Crippen LogP contribution in [0.5, 0.6) is 0 Å². The SMILES string of the molecule is Cc1ccc(CC(NC(=O)C2CNNN2)c2ccccn2)cc1. The number of amides is 1. The van der Waals surface area contributed by atoms with Gasteiger partial charge in [-0.1, -0.05) is 35.9 Å². The van der Waals surface area contributed by atoms with E-state index in [2.05, 4.69) is 57.9 Å². The van der Waals surface area contributed by atoms with Gasteiger partial charge in [0.1, 0.15) is 6.04 Å². The summed E-state index contributed by atoms with van der Waals surface area (Å²) >= 11 is 0. The van der Waals surface area contributed by atoms with Crippen molar-refractivity contribution >= 4 is 5.91 Å². The van der Waals surface area contributed by atoms with Crippen molar-refractivity contribution in [1.82, 2.24) is 26.7 Å². The highest BCUT2D eigenvalue weighted by molar-refractivity contribution is 5.82. The summed E-state index contributed by atoms with van der Waals surface area (Å²) in [6, 6.07) is 13.7. The lowest BCUT2D eigenvalue weighted by Crippen LogP contribution is -2.46. The third-order valence-corrected chi connectivity index (χ3v) is 3.88. The van der Waals surface area contributed by atoms with E-state index in [1.54, 1.807) is 6.20 Å². The molecule has 1 aliphatic heterocycles. The molecule has 2 aromatic rings. The first-order chi connectivity index (χ1) is 11.2. The van der Waals surface area contributed by atoms with Crippen LogP contribution in [0.15, 0.2) is 48.7 Å². The molecule has 4 N–H and O–H groups in total. The molecule has 0 radical (unpaired) electrons. The number of aromatic nitrogens is 1. The van der Waals surface area contributed by atoms with E-state index in [-0.39, 0.29) is 18.0 Å². The standard InChI is InChI=1S/C17H21N5O/c1-12-5-7-13(8-6-12)10-15(14-4-2-3-9-18-14)20-17(23)16-11-19-22-21-16/h2-9,15-16,19,21-22H,10-11H2,1H3,(H,20,23). The van der Waals surface area contributed by atoms with Gasteiger partial charge in [0.25, 0.3) is 0 Å². The largest absolute Gasteiger partial charge is 0.346 e. The van der Waals surface area contributed by atoms with Crippen LogP contribution in [-0.4, -0.2) is 23.5 Å². The number of nitrogens with one attached hydrogen (secondary N) is 4. The van der Waals surface area contributed by atoms with Gasteiger partial charge in [-0.05, 0) is 31.0 Å². The molecular weight excluding hydrogens is 290 g/mol. The Hall–Kier alpha value is -2.28. The zero-order valence-electron chi connectivity index (χ0n) is 13.0. The Morgan fingerprint density at radius 3 is 2.78 bits per heavy atom. The molecule has 23 heavy (non-hydrogen) atoms. The summed E-state index contributed by atoms with van der Waals surface area (Å²) in [5, 5.41) is 3.09. The van der Waals surface area contributed by atoms with Gasteiger partial charge in [0.15, 0.2) is 0 Å². The molecule has 1 fully saturated rings. The predicted octanol–water partition coefficient (Wildman–Crippen LogP) is 0.771. The van der Waals surface area contributed by atoms with Gasteiger partial charge in [0.2, 0.25) is 5.91 Å². The van der Waals surface area contributed by atoms with Crippen LogP contribution >= 0.6 is 0 Å². The van der Waals surface area contributed by atoms with E-state index in [1.165, 1.54) is 11.1 Å². The molecule has 0 saturated carbocycles. The van der Waals surface area contributed by atoms with Gasteiger partial charge in [-0.3, -0.25) is 9.78 Å². The van der Waals surface area contributed by atoms with Crippen molar-refractivity contribution in [1.29, 1.82) is 0 Å². The molecule has 6 heteroatoms. The molecule has 3 rings (SSSR count). The van der Waals surface area contributed by atoms with Crippen LogP contribution in [-0.2, 0) is 11.2 Å². The second kappa shape index (κ2) is 7.32. The molecule has 6 nitrogen and oxygen atoms in total. The summed E-state index contributed by atoms with van der Waals surface area (Å²) in [5.74, 6) is -0.0507. The maximum Gasteiger partial charge on any atom is 0.240 e. The third-order valence-electron chi connectivity index (χ3n) is 3.88. The topological polar surface area (TPSA) is 78.1 Å². The minimum Gasteiger partial charge on any atom is -0.346 e. The minimum absolute atomic E-state index is 0.0507. The van der Waals surface area contributed by atoms with Crippen LogP contribution in [0.2, 0.25) is 0 Å². The van der Waals surface area contributed by atoms with Gasteiger partial charge in [-0.2, -0.15) is 5.53 Å². The summed E-state index contributed by atoms with van der Waals surface area (Å²) in [5.41, 5.74) is 11.8. The molecule has 1 aliphatic rings. The first-order valence-corrected chi connectivity index (χ1v) is 7.72. The lowest BCUT2D eigenvalue weighted by Gasteiger charge is -2.20. The highest BCUT2D eigenvalue weighted by Crippen LogP contribution is 2.17. The second-order valence-corrected chi connectivity index (χ2v) is 5.71. The van der Waals surface area contributed by atoms with Crippen LogP contribution in [0.25, 0.3) is 0 Å². The van der Waals surface area contributed by atoms with Crippen molar-refractivity contribution in [2.75, 3.05) is 6.54 Å². The smallest absolute Gasteiger partial charge is 0.240 e. The quantitative estimate of drug-likeness (QED) is 0.656. The number of benzene rings is 1. The molecule has 1 amide bonds. The molecule has 1 saturated heterocycles. The first-order valence-electron chi connectivity index (χ1n) is 7.72. The van der Waals surface area contributed by atoms with Crippen molar-refractivity contribution < 1.29 is 4.79 Å². The lowest BCUT2D eigenvalue weighted by atomic mass is 10.0. The van der Waals surface area contributed by atoms with E-state index < -0.39 is 0 Å². The van der Waals surface area contributed by atoms with Gasteiger partial charge in [0, 0.05) is 12.7 Å². The van der Waals surface area contributed by atoms with E-state index in [1.807, 2.05) is 18.2 Å². The molecule has 2 atom stereocenters. The zero-order valence-corrected chi connectivity index (χ0v) is 13.0. The van der Waals surface area contributed by atoms with Crippen LogP contribution in [0, 0.1) is 6.92 Å². The number of carbonyl (C=O) groups excluding carboxylic acids is 1. The first kappa shape index (κ1) is 15.6. The van der Waals surface area contributed by atoms with Gasteiger partial charge >= 0.3 is 0 Å². The fraction of sp³-hybridized carbons (Fsp3) is 0.294. The molecular formula is C17H21N5O. The molecule has 0 spiro atoms. The summed E-state index contributed by atoms with van der Waals surface area (Å²) in [6.45, 7) is 2.61. The molecule has 2 unspecified atom stereocenters. The molecule has 2 heterocycles. The van der Waals surface area contributed by atoms with Crippen LogP contribution < -0.4 is 21.7 Å². The van der Waals surface area contributed by atoms with Gasteiger partial charge in [-0.15, -0.1) is 0 Å². The fourth-order valence-electron chi connectivity index (χ4n) is 2.54. The van der Waals surface area contributed by atoms with Crippen molar-refractivity contribution in [3.63, 3.8) is 0 Å². The molecule has 120 valence electrons. The van der Waals surface area contributed by atoms with Crippen LogP contribution in [0.4, 0.5) is 0 Å². The zero-order chi connectivity index (χ0) is 16.1. The maximum absolute atomic E-state index is 12.4. The van der Waals surface area contributed by atoms with Gasteiger partial charge in [-0.25, -0.2) is 10.9 Å². The van der Waals surface area contributed by atoms with Crippen LogP contribution in [0.1, 0.15) is 22.9 Å². The molecule has 0 bridgehead atoms. The summed E-state index contributed by atoms with van der Waals surface area (Å²) in [4.78, 5) is 16.8. The third kappa shape index (κ3) is 4.13. The maximum atomic E-state index is 12.4. The Kier molecular flexibility index (Phi) is 4.97. The highest BCUT2D eigenvalue weighted by atomic mass is 16.2. The van der Waals surface area contributed by atoms with E-state index in [0.717, 1.165) is 5.69 Å². The average molecular weight is 311 g/mol. The average Bonchev–Trinajstić information content (AvgIpc) is 3.12. The number of nitrogens with zero attached hydrogens (tertiary/aromatic N) is 1. The molecule has 1 aromatic carbocycles. The minimum atomic E-state index is -0.292. The second-order valence-electron chi connectivity index (χ2n) is 5.71. The van der Waals surface area contributed by atoms with E-state index >= 15 is 0 Å². The summed E-state index contributed by atoms with van der Waals surface area (Å²) in [7, 11) is 0. The Bertz CT molecular complexity index is 638. The van der Waals surface area contributed by atoms with Crippen molar-refractivity contribution in [3.8, 4) is 0 Å². The van der Waals surface area contributed by atoms with Crippen molar-refractivity contribution in [3.05, 3.63) is 65.5 Å². The molecule has 1 aromatic heterocycles. The van der Waals surface area contributed by atoms with Gasteiger partial charge in [0.05, 0.1) is 11.7 Å². The lowest BCUT2D eigenvalue weighted by molar-refractivity contribution is -0.123. The number of hydrazine groups is 2. The number of carbonyl (C=O) groups is 1. The Labute approximate surface area is 135 Å². The van der Waals surface area contributed by atoms with E-state index in [9.17, 15) is 4.79 Å². The van der Waals surface area contributed by atoms with Crippen LogP contribution in [0.3, 0.4) is 0 Å². The Balaban J connectivity index is 1.76. The number of pyridine rings is 1. The predicted molar refractivity (Wildman–Crippen MR) is 88.1 cm³/mol. The summed E-state index contributed by atoms with van der Waals surface area (Å²) in [6.07, 6.45) is 2.46. The fourth-order valence-corrected chi connectivity index (χ4v) is 2.54. The normalized spacial score (nSPS) is 18.6. The molecule has 0 aliphatic carbocycles. The van der Waals surface area contributed by atoms with Crippen molar-refractivity contribution in [2.45, 2.75) is 25.4 Å². The van der Waals surface area contributed by atoms with Crippen molar-refractivity contribution in [2.24, 2.45) is 0 Å². The number of hydrogen-bond donors (Lipinski definition) is 4. The monoisotopic (exact) mass is 311 g/mol. The van der Waals surface area contributed by atoms with E-state index in [4.69, 9.17) is 0 Å². The number of rotatable bonds is 5. The highest BCUT2D eigenvalue weighted by Gasteiger charge is 2.25. The number of aryl methyl sites for hydroxylation is 1. The number of hydrogen-bond acceptors (Lipinski definition) is 5. The van der Waals surface area contributed by atoms with Gasteiger partial charge < -0.3 is 5.32 Å². The Morgan fingerprint density at radius 1 is 1.30 bits per heavy atom. The summed E-state index contributed by atoms with van der Waals surface area (Å²) < 4.78 is 0. The van der Waals surface area contributed by atoms with E-state index in [0.29, 0.717) is 13.0 Å². The Morgan fingerprint density at radius 2 is 2.13 bits per heavy atom.